The van der Waals surface area contributed by atoms with Crippen molar-refractivity contribution in [3.8, 4) is 28.7 Å². The van der Waals surface area contributed by atoms with Crippen LogP contribution in [0.1, 0.15) is 0 Å². The Bertz CT molecular complexity index is 2120. The summed E-state index contributed by atoms with van der Waals surface area (Å²) in [4.78, 5) is 22.3. The van der Waals surface area contributed by atoms with E-state index in [4.69, 9.17) is 19.9 Å². The highest BCUT2D eigenvalue weighted by atomic mass is 15.2. The largest absolute Gasteiger partial charge is 0.308 e. The fourth-order valence-electron chi connectivity index (χ4n) is 5.73. The molecule has 5 aromatic carbocycles. The maximum atomic E-state index is 5.10. The molecule has 0 unspecified atom stereocenters. The van der Waals surface area contributed by atoms with Gasteiger partial charge in [0.2, 0.25) is 5.95 Å². The first-order valence-electron chi connectivity index (χ1n) is 14.5. The molecule has 8 rings (SSSR count). The first-order valence-corrected chi connectivity index (χ1v) is 14.5. The van der Waals surface area contributed by atoms with Crippen LogP contribution >= 0.6 is 0 Å². The van der Waals surface area contributed by atoms with Crippen molar-refractivity contribution in [1.29, 1.82) is 0 Å². The second kappa shape index (κ2) is 10.9. The van der Waals surface area contributed by atoms with Crippen LogP contribution in [0.3, 0.4) is 0 Å². The van der Waals surface area contributed by atoms with Crippen LogP contribution in [0.15, 0.2) is 158 Å². The molecule has 0 fully saturated rings. The molecule has 8 aromatic rings. The molecule has 0 N–H and O–H groups in total. The van der Waals surface area contributed by atoms with Crippen LogP contribution in [-0.4, -0.2) is 24.5 Å². The number of benzene rings is 5. The standard InChI is InChI=1S/C38H26N6/c1-5-15-27(16-6-1)35-40-36(28-17-7-2-8-18-28)42-38(41-35)44-34-31(32-24-14-26-39-37(32)44)23-13-25-33(34)43(29-19-9-3-10-20-29)30-21-11-4-12-22-30/h1-26H. The van der Waals surface area contributed by atoms with Gasteiger partial charge in [0, 0.05) is 39.5 Å². The molecule has 6 heteroatoms. The quantitative estimate of drug-likeness (QED) is 0.201. The van der Waals surface area contributed by atoms with Gasteiger partial charge in [0.05, 0.1) is 11.2 Å². The Morgan fingerprint density at radius 3 is 1.55 bits per heavy atom. The number of hydrogen-bond donors (Lipinski definition) is 0. The summed E-state index contributed by atoms with van der Waals surface area (Å²) in [7, 11) is 0. The second-order valence-electron chi connectivity index (χ2n) is 10.4. The Morgan fingerprint density at radius 2 is 0.977 bits per heavy atom. The van der Waals surface area contributed by atoms with Crippen molar-refractivity contribution in [2.24, 2.45) is 0 Å². The van der Waals surface area contributed by atoms with Crippen LogP contribution in [0.25, 0.3) is 50.7 Å². The Kier molecular flexibility index (Phi) is 6.35. The molecule has 0 saturated carbocycles. The van der Waals surface area contributed by atoms with Gasteiger partial charge in [0.25, 0.3) is 0 Å². The predicted molar refractivity (Wildman–Crippen MR) is 178 cm³/mol. The molecule has 44 heavy (non-hydrogen) atoms. The number of fused-ring (bicyclic) bond motifs is 3. The maximum absolute atomic E-state index is 5.10. The molecule has 0 aliphatic rings. The smallest absolute Gasteiger partial charge is 0.240 e. The second-order valence-corrected chi connectivity index (χ2v) is 10.4. The molecule has 6 nitrogen and oxygen atoms in total. The third kappa shape index (κ3) is 4.46. The SMILES string of the molecule is c1ccc(-c2nc(-c3ccccc3)nc(-n3c4ncccc4c4cccc(N(c5ccccc5)c5ccccc5)c43)n2)cc1. The number of aromatic nitrogens is 5. The number of para-hydroxylation sites is 3. The fraction of sp³-hybridized carbons (Fsp3) is 0. The van der Waals surface area contributed by atoms with Crippen LogP contribution in [0.5, 0.6) is 0 Å². The van der Waals surface area contributed by atoms with Gasteiger partial charge in [-0.3, -0.25) is 4.57 Å². The lowest BCUT2D eigenvalue weighted by molar-refractivity contribution is 0.943. The summed E-state index contributed by atoms with van der Waals surface area (Å²) in [6, 6.07) is 51.4. The van der Waals surface area contributed by atoms with Gasteiger partial charge in [0.1, 0.15) is 5.65 Å². The van der Waals surface area contributed by atoms with E-state index in [0.29, 0.717) is 17.6 Å². The summed E-state index contributed by atoms with van der Waals surface area (Å²) in [6.45, 7) is 0. The van der Waals surface area contributed by atoms with Crippen molar-refractivity contribution in [1.82, 2.24) is 24.5 Å². The highest BCUT2D eigenvalue weighted by molar-refractivity contribution is 6.13. The van der Waals surface area contributed by atoms with Crippen LogP contribution in [0.2, 0.25) is 0 Å². The molecule has 0 radical (unpaired) electrons. The summed E-state index contributed by atoms with van der Waals surface area (Å²) >= 11 is 0. The minimum absolute atomic E-state index is 0.505. The predicted octanol–water partition coefficient (Wildman–Crippen LogP) is 9.17. The molecular weight excluding hydrogens is 540 g/mol. The van der Waals surface area contributed by atoms with E-state index in [9.17, 15) is 0 Å². The van der Waals surface area contributed by atoms with Crippen LogP contribution in [0.4, 0.5) is 17.1 Å². The van der Waals surface area contributed by atoms with E-state index in [1.807, 2.05) is 85.1 Å². The van der Waals surface area contributed by atoms with E-state index in [0.717, 1.165) is 50.1 Å². The van der Waals surface area contributed by atoms with E-state index in [2.05, 4.69) is 82.3 Å². The number of nitrogens with zero attached hydrogens (tertiary/aromatic N) is 6. The van der Waals surface area contributed by atoms with Crippen molar-refractivity contribution < 1.29 is 0 Å². The number of rotatable bonds is 6. The number of hydrogen-bond acceptors (Lipinski definition) is 5. The van der Waals surface area contributed by atoms with Crippen molar-refractivity contribution in [3.63, 3.8) is 0 Å². The van der Waals surface area contributed by atoms with Gasteiger partial charge in [-0.05, 0) is 42.5 Å². The summed E-state index contributed by atoms with van der Waals surface area (Å²) < 4.78 is 2.08. The molecular formula is C38H26N6. The molecule has 3 heterocycles. The Hall–Kier alpha value is -6.14. The third-order valence-electron chi connectivity index (χ3n) is 7.68. The molecule has 3 aromatic heterocycles. The lowest BCUT2D eigenvalue weighted by atomic mass is 10.1. The highest BCUT2D eigenvalue weighted by Gasteiger charge is 2.24. The lowest BCUT2D eigenvalue weighted by Gasteiger charge is -2.26. The number of anilines is 3. The van der Waals surface area contributed by atoms with Crippen LogP contribution < -0.4 is 4.90 Å². The molecule has 0 atom stereocenters. The molecule has 0 saturated heterocycles. The van der Waals surface area contributed by atoms with Gasteiger partial charge in [0.15, 0.2) is 11.6 Å². The molecule has 208 valence electrons. The zero-order valence-electron chi connectivity index (χ0n) is 23.7. The summed E-state index contributed by atoms with van der Waals surface area (Å²) in [5, 5.41) is 2.08. The van der Waals surface area contributed by atoms with E-state index >= 15 is 0 Å². The molecule has 0 amide bonds. The Labute approximate surface area is 254 Å². The van der Waals surface area contributed by atoms with Crippen molar-refractivity contribution in [3.05, 3.63) is 158 Å². The van der Waals surface area contributed by atoms with E-state index in [-0.39, 0.29) is 0 Å². The van der Waals surface area contributed by atoms with Gasteiger partial charge >= 0.3 is 0 Å². The summed E-state index contributed by atoms with van der Waals surface area (Å²) in [6.07, 6.45) is 1.82. The zero-order chi connectivity index (χ0) is 29.3. The Balaban J connectivity index is 1.48. The highest BCUT2D eigenvalue weighted by Crippen LogP contribution is 2.42. The normalized spacial score (nSPS) is 11.2. The first-order chi connectivity index (χ1) is 21.8. The lowest BCUT2D eigenvalue weighted by Crippen LogP contribution is -2.13. The minimum Gasteiger partial charge on any atom is -0.308 e. The monoisotopic (exact) mass is 566 g/mol. The van der Waals surface area contributed by atoms with Crippen LogP contribution in [-0.2, 0) is 0 Å². The summed E-state index contributed by atoms with van der Waals surface area (Å²) in [5.41, 5.74) is 6.64. The van der Waals surface area contributed by atoms with Crippen molar-refractivity contribution >= 4 is 39.0 Å². The molecule has 0 spiro atoms. The number of pyridine rings is 1. The van der Waals surface area contributed by atoms with E-state index < -0.39 is 0 Å². The average molecular weight is 567 g/mol. The third-order valence-corrected chi connectivity index (χ3v) is 7.68. The van der Waals surface area contributed by atoms with E-state index in [1.54, 1.807) is 0 Å². The van der Waals surface area contributed by atoms with Crippen molar-refractivity contribution in [2.45, 2.75) is 0 Å². The van der Waals surface area contributed by atoms with Gasteiger partial charge in [-0.15, -0.1) is 0 Å². The topological polar surface area (TPSA) is 59.7 Å². The fourth-order valence-corrected chi connectivity index (χ4v) is 5.73. The van der Waals surface area contributed by atoms with E-state index in [1.165, 1.54) is 0 Å². The average Bonchev–Trinajstić information content (AvgIpc) is 3.45. The Morgan fingerprint density at radius 1 is 0.455 bits per heavy atom. The van der Waals surface area contributed by atoms with Crippen molar-refractivity contribution in [2.75, 3.05) is 4.90 Å². The summed E-state index contributed by atoms with van der Waals surface area (Å²) in [5.74, 6) is 1.70. The maximum Gasteiger partial charge on any atom is 0.240 e. The molecule has 0 aliphatic heterocycles. The van der Waals surface area contributed by atoms with Gasteiger partial charge in [-0.1, -0.05) is 109 Å². The van der Waals surface area contributed by atoms with Gasteiger partial charge in [-0.25, -0.2) is 9.97 Å². The molecule has 0 aliphatic carbocycles. The molecule has 0 bridgehead atoms. The minimum atomic E-state index is 0.505. The first kappa shape index (κ1) is 25.6. The van der Waals surface area contributed by atoms with Gasteiger partial charge < -0.3 is 4.90 Å². The zero-order valence-corrected chi connectivity index (χ0v) is 23.7. The van der Waals surface area contributed by atoms with Gasteiger partial charge in [-0.2, -0.15) is 9.97 Å². The van der Waals surface area contributed by atoms with Crippen LogP contribution in [0, 0.1) is 0 Å².